The molecule has 4 amide bonds. The van der Waals surface area contributed by atoms with Crippen LogP contribution in [0.1, 0.15) is 160 Å². The molecule has 21 nitrogen and oxygen atoms in total. The molecular formula is C93H93N9O12. The van der Waals surface area contributed by atoms with Crippen LogP contribution in [0.15, 0.2) is 187 Å². The lowest BCUT2D eigenvalue weighted by Crippen LogP contribution is -2.55. The standard InChI is InChI=1S/C47H48N4O6.C46H45N5O6/c1-28(2)51-40-23-44(43(55-4)22-39(40)46(53)50-25-34-13-8-6-11-31(34)20-41(50)47(51)54)57-27-36-15-9-14-35(48-36)26-56-42-21-32-16-17-37-19-30-10-5-7-12-33(30)24-49(37)45(52)38(32)18-29(42)3;1-27(2)51-39-21-43(42(55-4)19-37(39)45(53)50-24-32-13-8-6-11-30(32)18-40(50)46(51)54)57-26-34-15-9-14-33(48-34)25-56-41-20-38-36(16-28(41)3)44(52)49-23-31-12-7-5-10-29(31)17-35(49)22-47-38/h5-15,18,21-23,28,37,41,47,54H,16-17,19-20,24-27H2,1-4H3;5-16,19-22,27,35,40,46,54H,17-18,23-26H2,1-4H3/t37-,41+,47?;35-,40-,46?/m10/s1. The van der Waals surface area contributed by atoms with Crippen LogP contribution in [0.4, 0.5) is 17.1 Å². The summed E-state index contributed by atoms with van der Waals surface area (Å²) in [7, 11) is 3.11. The number of fused-ring (bicyclic) bond motifs is 12. The Kier molecular flexibility index (Phi) is 20.4. The molecule has 8 aliphatic rings. The lowest BCUT2D eigenvalue weighted by atomic mass is 9.92. The van der Waals surface area contributed by atoms with Gasteiger partial charge in [-0.1, -0.05) is 109 Å². The van der Waals surface area contributed by atoms with Crippen LogP contribution < -0.4 is 38.2 Å². The minimum Gasteiger partial charge on any atom is -0.493 e. The molecule has 6 atom stereocenters. The van der Waals surface area contributed by atoms with E-state index in [1.807, 2.05) is 184 Å². The Morgan fingerprint density at radius 2 is 0.781 bits per heavy atom. The van der Waals surface area contributed by atoms with Gasteiger partial charge in [-0.25, -0.2) is 0 Å². The Labute approximate surface area is 663 Å². The number of amides is 4. The van der Waals surface area contributed by atoms with Crippen LogP contribution >= 0.6 is 0 Å². The number of aliphatic hydroxyl groups is 2. The zero-order chi connectivity index (χ0) is 78.7. The quantitative estimate of drug-likeness (QED) is 0.0918. The molecule has 0 saturated heterocycles. The SMILES string of the molecule is COc1cc2c(cc1OCc1cccc(COc3cc4c(cc3C)C(=O)N3Cc5ccccc5C[C@H]3C=N4)n1)N(C(C)C)C(O)[C@@H]1Cc3ccccc3CN1C2=O.COc1cc2c(cc1OCc1cccc(COc3cc4c(cc3C)C(=O)N3Cc5ccccc5C[C@H]3CC4)n1)N(C(C)C)C(O)[C@@H]1Cc3ccccc3CN1C2=O. The number of benzene rings is 8. The summed E-state index contributed by atoms with van der Waals surface area (Å²) in [6.07, 6.45) is 4.49. The highest BCUT2D eigenvalue weighted by Gasteiger charge is 2.46. The van der Waals surface area contributed by atoms with E-state index in [1.54, 1.807) is 42.2 Å². The van der Waals surface area contributed by atoms with Crippen molar-refractivity contribution >= 4 is 46.9 Å². The predicted octanol–water partition coefficient (Wildman–Crippen LogP) is 14.1. The molecule has 2 aromatic heterocycles. The Hall–Kier alpha value is -12.1. The van der Waals surface area contributed by atoms with E-state index in [0.29, 0.717) is 119 Å². The fraction of sp³-hybridized carbons (Fsp3) is 0.323. The maximum Gasteiger partial charge on any atom is 0.256 e. The molecular weight excluding hydrogens is 1440 g/mol. The van der Waals surface area contributed by atoms with Crippen LogP contribution in [0.3, 0.4) is 0 Å². The second-order valence-electron chi connectivity index (χ2n) is 31.5. The van der Waals surface area contributed by atoms with Gasteiger partial charge in [-0.3, -0.25) is 34.1 Å². The van der Waals surface area contributed by atoms with Crippen LogP contribution in [0.2, 0.25) is 0 Å². The van der Waals surface area contributed by atoms with Gasteiger partial charge in [0, 0.05) is 74.3 Å². The third-order valence-electron chi connectivity index (χ3n) is 23.7. The van der Waals surface area contributed by atoms with E-state index in [-0.39, 0.29) is 74.2 Å². The fourth-order valence-electron chi connectivity index (χ4n) is 17.8. The van der Waals surface area contributed by atoms with Crippen LogP contribution in [0, 0.1) is 13.8 Å². The highest BCUT2D eigenvalue weighted by atomic mass is 16.5. The molecule has 114 heavy (non-hydrogen) atoms. The van der Waals surface area contributed by atoms with Crippen LogP contribution in [-0.2, 0) is 84.7 Å². The molecule has 0 fully saturated rings. The van der Waals surface area contributed by atoms with Crippen molar-refractivity contribution in [2.75, 3.05) is 24.0 Å². The first-order valence-electron chi connectivity index (χ1n) is 39.4. The molecule has 0 radical (unpaired) electrons. The van der Waals surface area contributed by atoms with E-state index in [9.17, 15) is 29.4 Å². The van der Waals surface area contributed by atoms with E-state index in [1.165, 1.54) is 22.3 Å². The van der Waals surface area contributed by atoms with Crippen molar-refractivity contribution in [3.63, 3.8) is 0 Å². The number of ether oxygens (including phenoxy) is 6. The van der Waals surface area contributed by atoms with Crippen LogP contribution in [-0.4, -0.2) is 133 Å². The molecule has 0 bridgehead atoms. The first-order valence-corrected chi connectivity index (χ1v) is 39.4. The number of rotatable bonds is 16. The van der Waals surface area contributed by atoms with Gasteiger partial charge >= 0.3 is 0 Å². The van der Waals surface area contributed by atoms with Crippen molar-refractivity contribution in [1.82, 2.24) is 29.6 Å². The maximum atomic E-state index is 14.2. The Bertz CT molecular complexity index is 5470. The lowest BCUT2D eigenvalue weighted by molar-refractivity contribution is 0.0291. The first-order chi connectivity index (χ1) is 55.3. The van der Waals surface area contributed by atoms with Gasteiger partial charge in [-0.15, -0.1) is 0 Å². The zero-order valence-corrected chi connectivity index (χ0v) is 65.4. The molecule has 582 valence electrons. The molecule has 18 rings (SSSR count). The van der Waals surface area contributed by atoms with Gasteiger partial charge in [0.15, 0.2) is 23.0 Å². The summed E-state index contributed by atoms with van der Waals surface area (Å²) in [5.41, 5.74) is 19.1. The summed E-state index contributed by atoms with van der Waals surface area (Å²) < 4.78 is 36.9. The number of aryl methyl sites for hydroxylation is 3. The van der Waals surface area contributed by atoms with Gasteiger partial charge < -0.3 is 68.0 Å². The van der Waals surface area contributed by atoms with E-state index >= 15 is 0 Å². The molecule has 10 heterocycles. The number of pyridine rings is 2. The Balaban J connectivity index is 0.000000165. The molecule has 8 aliphatic heterocycles. The van der Waals surface area contributed by atoms with Crippen molar-refractivity contribution in [1.29, 1.82) is 0 Å². The molecule has 10 aromatic rings. The van der Waals surface area contributed by atoms with Gasteiger partial charge in [-0.05, 0) is 196 Å². The number of carbonyl (C=O) groups excluding carboxylic acids is 4. The monoisotopic (exact) mass is 1530 g/mol. The first kappa shape index (κ1) is 74.7. The van der Waals surface area contributed by atoms with Crippen molar-refractivity contribution in [2.45, 2.75) is 181 Å². The van der Waals surface area contributed by atoms with E-state index in [0.717, 1.165) is 81.6 Å². The van der Waals surface area contributed by atoms with E-state index in [4.69, 9.17) is 43.4 Å². The predicted molar refractivity (Wildman–Crippen MR) is 433 cm³/mol. The molecule has 2 N–H and O–H groups in total. The minimum atomic E-state index is -0.932. The average molecular weight is 1530 g/mol. The summed E-state index contributed by atoms with van der Waals surface area (Å²) in [5.74, 6) is 2.86. The Morgan fingerprint density at radius 1 is 0.395 bits per heavy atom. The molecule has 8 aromatic carbocycles. The molecule has 0 aliphatic carbocycles. The summed E-state index contributed by atoms with van der Waals surface area (Å²) in [4.78, 5) is 81.8. The third-order valence-corrected chi connectivity index (χ3v) is 23.7. The Morgan fingerprint density at radius 3 is 1.24 bits per heavy atom. The number of aliphatic hydroxyl groups excluding tert-OH is 2. The van der Waals surface area contributed by atoms with E-state index < -0.39 is 24.5 Å². The number of aliphatic imine (C=N–C) groups is 1. The smallest absolute Gasteiger partial charge is 0.256 e. The summed E-state index contributed by atoms with van der Waals surface area (Å²) >= 11 is 0. The van der Waals surface area contributed by atoms with Crippen molar-refractivity contribution < 1.29 is 57.8 Å². The summed E-state index contributed by atoms with van der Waals surface area (Å²) in [6, 6.07) is 58.2. The van der Waals surface area contributed by atoms with Gasteiger partial charge in [-0.2, -0.15) is 0 Å². The summed E-state index contributed by atoms with van der Waals surface area (Å²) in [5, 5.41) is 23.8. The number of nitrogens with zero attached hydrogens (tertiary/aromatic N) is 9. The molecule has 21 heteroatoms. The zero-order valence-electron chi connectivity index (χ0n) is 65.4. The maximum absolute atomic E-state index is 14.2. The molecule has 0 saturated carbocycles. The number of hydrogen-bond acceptors (Lipinski definition) is 17. The normalized spacial score (nSPS) is 19.5. The largest absolute Gasteiger partial charge is 0.493 e. The number of methoxy groups -OCH3 is 2. The van der Waals surface area contributed by atoms with Crippen LogP contribution in [0.5, 0.6) is 34.5 Å². The van der Waals surface area contributed by atoms with Crippen LogP contribution in [0.25, 0.3) is 0 Å². The van der Waals surface area contributed by atoms with Gasteiger partial charge in [0.05, 0.1) is 88.9 Å². The number of hydrogen-bond donors (Lipinski definition) is 2. The second-order valence-corrected chi connectivity index (χ2v) is 31.5. The second kappa shape index (κ2) is 31.1. The molecule has 0 spiro atoms. The fourth-order valence-corrected chi connectivity index (χ4v) is 17.8. The topological polar surface area (TPSA) is 222 Å². The minimum absolute atomic E-state index is 0.0291. The van der Waals surface area contributed by atoms with E-state index in [2.05, 4.69) is 47.4 Å². The molecule has 2 unspecified atom stereocenters. The third kappa shape index (κ3) is 14.3. The van der Waals surface area contributed by atoms with Crippen molar-refractivity contribution in [3.05, 3.63) is 288 Å². The highest BCUT2D eigenvalue weighted by Crippen LogP contribution is 2.46. The number of carbonyl (C=O) groups is 4. The lowest BCUT2D eigenvalue weighted by Gasteiger charge is -2.42. The van der Waals surface area contributed by atoms with Crippen molar-refractivity contribution in [2.24, 2.45) is 4.99 Å². The van der Waals surface area contributed by atoms with Gasteiger partial charge in [0.1, 0.15) is 50.4 Å². The van der Waals surface area contributed by atoms with Crippen molar-refractivity contribution in [3.8, 4) is 34.5 Å². The number of aromatic nitrogens is 2. The highest BCUT2D eigenvalue weighted by molar-refractivity contribution is 6.05. The summed E-state index contributed by atoms with van der Waals surface area (Å²) in [6.45, 7) is 14.7. The number of anilines is 2. The average Bonchev–Trinajstić information content (AvgIpc) is 1.77. The van der Waals surface area contributed by atoms with Gasteiger partial charge in [0.2, 0.25) is 0 Å². The van der Waals surface area contributed by atoms with Gasteiger partial charge in [0.25, 0.3) is 23.6 Å².